The molecule has 116 valence electrons. The molecule has 0 aromatic heterocycles. The number of rotatable bonds is 3. The summed E-state index contributed by atoms with van der Waals surface area (Å²) in [5, 5.41) is 3.45. The molecule has 2 unspecified atom stereocenters. The first-order chi connectivity index (χ1) is 10.0. The number of hydrogen-bond acceptors (Lipinski definition) is 4. The molecule has 3 rings (SSSR count). The highest BCUT2D eigenvalue weighted by atomic mass is 32.2. The molecule has 0 aliphatic carbocycles. The van der Waals surface area contributed by atoms with Gasteiger partial charge in [0.2, 0.25) is 10.0 Å². The molecule has 5 nitrogen and oxygen atoms in total. The summed E-state index contributed by atoms with van der Waals surface area (Å²) in [5.41, 5.74) is 0. The second-order valence-corrected chi connectivity index (χ2v) is 7.52. The summed E-state index contributed by atoms with van der Waals surface area (Å²) in [4.78, 5) is 0.0820. The van der Waals surface area contributed by atoms with Crippen molar-refractivity contribution in [1.29, 1.82) is 0 Å². The molecule has 1 aromatic carbocycles. The van der Waals surface area contributed by atoms with Crippen molar-refractivity contribution in [3.8, 4) is 5.75 Å². The number of ether oxygens (including phenoxy) is 1. The molecule has 2 saturated heterocycles. The minimum Gasteiger partial charge on any atom is -0.494 e. The zero-order valence-corrected chi connectivity index (χ0v) is 12.7. The van der Waals surface area contributed by atoms with E-state index in [1.165, 1.54) is 23.5 Å². The van der Waals surface area contributed by atoms with Crippen molar-refractivity contribution in [2.45, 2.75) is 36.2 Å². The summed E-state index contributed by atoms with van der Waals surface area (Å²) < 4.78 is 45.2. The smallest absolute Gasteiger partial charge is 0.243 e. The van der Waals surface area contributed by atoms with Crippen LogP contribution in [-0.2, 0) is 10.0 Å². The number of benzene rings is 1. The van der Waals surface area contributed by atoms with E-state index in [-0.39, 0.29) is 16.7 Å². The summed E-state index contributed by atoms with van der Waals surface area (Å²) in [6, 6.07) is 4.31. The molecule has 0 saturated carbocycles. The molecule has 0 spiro atoms. The van der Waals surface area contributed by atoms with Gasteiger partial charge in [-0.15, -0.1) is 0 Å². The van der Waals surface area contributed by atoms with E-state index in [0.29, 0.717) is 19.1 Å². The maximum atomic E-state index is 13.4. The fourth-order valence-corrected chi connectivity index (χ4v) is 4.59. The number of nitrogens with zero attached hydrogens (tertiary/aromatic N) is 1. The van der Waals surface area contributed by atoms with Crippen LogP contribution in [-0.4, -0.2) is 45.0 Å². The summed E-state index contributed by atoms with van der Waals surface area (Å²) >= 11 is 0. The molecular formula is C14H19FN2O3S. The monoisotopic (exact) mass is 314 g/mol. The highest BCUT2D eigenvalue weighted by Crippen LogP contribution is 2.27. The Hall–Kier alpha value is -1.18. The summed E-state index contributed by atoms with van der Waals surface area (Å²) in [6.07, 6.45) is 2.93. The van der Waals surface area contributed by atoms with Crippen LogP contribution < -0.4 is 10.1 Å². The van der Waals surface area contributed by atoms with Gasteiger partial charge < -0.3 is 10.1 Å². The lowest BCUT2D eigenvalue weighted by Gasteiger charge is -2.23. The molecule has 2 aliphatic heterocycles. The lowest BCUT2D eigenvalue weighted by atomic mass is 10.1. The number of halogens is 1. The van der Waals surface area contributed by atoms with Gasteiger partial charge in [0.05, 0.1) is 12.0 Å². The Morgan fingerprint density at radius 3 is 2.81 bits per heavy atom. The van der Waals surface area contributed by atoms with Crippen LogP contribution in [0.15, 0.2) is 23.1 Å². The van der Waals surface area contributed by atoms with Gasteiger partial charge in [0.15, 0.2) is 11.6 Å². The average molecular weight is 314 g/mol. The van der Waals surface area contributed by atoms with Crippen molar-refractivity contribution in [3.05, 3.63) is 24.0 Å². The van der Waals surface area contributed by atoms with Crippen LogP contribution in [0.25, 0.3) is 0 Å². The van der Waals surface area contributed by atoms with E-state index >= 15 is 0 Å². The minimum absolute atomic E-state index is 0.0504. The summed E-state index contributed by atoms with van der Waals surface area (Å²) in [7, 11) is -2.29. The van der Waals surface area contributed by atoms with Gasteiger partial charge in [0.25, 0.3) is 0 Å². The van der Waals surface area contributed by atoms with Gasteiger partial charge in [-0.3, -0.25) is 0 Å². The third-order valence-electron chi connectivity index (χ3n) is 4.25. The molecule has 2 aliphatic rings. The molecule has 0 radical (unpaired) electrons. The van der Waals surface area contributed by atoms with E-state index in [1.54, 1.807) is 0 Å². The van der Waals surface area contributed by atoms with Gasteiger partial charge in [-0.05, 0) is 31.4 Å². The Morgan fingerprint density at radius 1 is 1.29 bits per heavy atom. The highest BCUT2D eigenvalue weighted by molar-refractivity contribution is 7.89. The minimum atomic E-state index is -3.61. The predicted molar refractivity (Wildman–Crippen MR) is 76.3 cm³/mol. The Bertz CT molecular complexity index is 635. The molecule has 1 N–H and O–H groups in total. The standard InChI is InChI=1S/C14H19FN2O3S/c1-20-14-8-12(4-5-13(14)15)21(18,19)17-7-6-10-2-3-11(9-17)16-10/h4-5,8,10-11,16H,2-3,6-7,9H2,1H3. The second-order valence-electron chi connectivity index (χ2n) is 5.59. The van der Waals surface area contributed by atoms with E-state index in [1.807, 2.05) is 0 Å². The average Bonchev–Trinajstić information content (AvgIpc) is 2.77. The largest absolute Gasteiger partial charge is 0.494 e. The second kappa shape index (κ2) is 5.55. The molecule has 1 aromatic rings. The summed E-state index contributed by atoms with van der Waals surface area (Å²) in [5.74, 6) is -0.612. The van der Waals surface area contributed by atoms with E-state index in [4.69, 9.17) is 4.74 Å². The van der Waals surface area contributed by atoms with Gasteiger partial charge >= 0.3 is 0 Å². The first kappa shape index (κ1) is 14.7. The number of fused-ring (bicyclic) bond motifs is 2. The van der Waals surface area contributed by atoms with Crippen LogP contribution in [0.2, 0.25) is 0 Å². The van der Waals surface area contributed by atoms with Crippen molar-refractivity contribution in [2.75, 3.05) is 20.2 Å². The molecule has 2 heterocycles. The van der Waals surface area contributed by atoms with Crippen molar-refractivity contribution in [1.82, 2.24) is 9.62 Å². The van der Waals surface area contributed by atoms with E-state index in [9.17, 15) is 12.8 Å². The lowest BCUT2D eigenvalue weighted by Crippen LogP contribution is -2.39. The fraction of sp³-hybridized carbons (Fsp3) is 0.571. The van der Waals surface area contributed by atoms with Crippen molar-refractivity contribution in [2.24, 2.45) is 0 Å². The van der Waals surface area contributed by atoms with E-state index in [2.05, 4.69) is 5.32 Å². The topological polar surface area (TPSA) is 58.6 Å². The Kier molecular flexibility index (Phi) is 3.90. The molecule has 0 amide bonds. The van der Waals surface area contributed by atoms with Gasteiger partial charge in [0.1, 0.15) is 0 Å². The molecule has 2 atom stereocenters. The number of hydrogen-bond donors (Lipinski definition) is 1. The quantitative estimate of drug-likeness (QED) is 0.915. The van der Waals surface area contributed by atoms with Crippen molar-refractivity contribution in [3.63, 3.8) is 0 Å². The van der Waals surface area contributed by atoms with Gasteiger partial charge in [0, 0.05) is 31.2 Å². The Balaban J connectivity index is 1.89. The first-order valence-corrected chi connectivity index (χ1v) is 8.54. The van der Waals surface area contributed by atoms with Gasteiger partial charge in [-0.2, -0.15) is 4.31 Å². The maximum absolute atomic E-state index is 13.4. The van der Waals surface area contributed by atoms with Crippen LogP contribution in [0.4, 0.5) is 4.39 Å². The number of nitrogens with one attached hydrogen (secondary N) is 1. The third kappa shape index (κ3) is 2.77. The predicted octanol–water partition coefficient (Wildman–Crippen LogP) is 1.35. The van der Waals surface area contributed by atoms with Crippen molar-refractivity contribution >= 4 is 10.0 Å². The molecule has 7 heteroatoms. The molecular weight excluding hydrogens is 295 g/mol. The summed E-state index contributed by atoms with van der Waals surface area (Å²) in [6.45, 7) is 0.967. The zero-order chi connectivity index (χ0) is 15.0. The third-order valence-corrected chi connectivity index (χ3v) is 6.11. The van der Waals surface area contributed by atoms with Gasteiger partial charge in [-0.25, -0.2) is 12.8 Å². The molecule has 2 fully saturated rings. The lowest BCUT2D eigenvalue weighted by molar-refractivity contribution is 0.377. The first-order valence-electron chi connectivity index (χ1n) is 7.10. The normalized spacial score (nSPS) is 26.6. The van der Waals surface area contributed by atoms with Crippen LogP contribution in [0.5, 0.6) is 5.75 Å². The van der Waals surface area contributed by atoms with Crippen LogP contribution >= 0.6 is 0 Å². The number of methoxy groups -OCH3 is 1. The van der Waals surface area contributed by atoms with Crippen LogP contribution in [0.3, 0.4) is 0 Å². The van der Waals surface area contributed by atoms with Crippen LogP contribution in [0, 0.1) is 5.82 Å². The van der Waals surface area contributed by atoms with Crippen molar-refractivity contribution < 1.29 is 17.5 Å². The SMILES string of the molecule is COc1cc(S(=O)(=O)N2CCC3CCC(C2)N3)ccc1F. The highest BCUT2D eigenvalue weighted by Gasteiger charge is 2.35. The van der Waals surface area contributed by atoms with E-state index < -0.39 is 15.8 Å². The van der Waals surface area contributed by atoms with E-state index in [0.717, 1.165) is 25.3 Å². The maximum Gasteiger partial charge on any atom is 0.243 e. The Morgan fingerprint density at radius 2 is 2.05 bits per heavy atom. The molecule has 2 bridgehead atoms. The zero-order valence-electron chi connectivity index (χ0n) is 11.9. The molecule has 21 heavy (non-hydrogen) atoms. The fourth-order valence-electron chi connectivity index (χ4n) is 3.08. The van der Waals surface area contributed by atoms with Crippen LogP contribution in [0.1, 0.15) is 19.3 Å². The Labute approximate surface area is 124 Å². The van der Waals surface area contributed by atoms with Gasteiger partial charge in [-0.1, -0.05) is 0 Å². The number of sulfonamides is 1.